The Morgan fingerprint density at radius 2 is 2.00 bits per heavy atom. The molecule has 1 saturated carbocycles. The summed E-state index contributed by atoms with van der Waals surface area (Å²) in [6.45, 7) is 0.452. The maximum Gasteiger partial charge on any atom is 0.573 e. The molecule has 1 amide bonds. The van der Waals surface area contributed by atoms with Gasteiger partial charge in [-0.3, -0.25) is 4.90 Å². The van der Waals surface area contributed by atoms with E-state index in [1.54, 1.807) is 23.2 Å². The predicted octanol–water partition coefficient (Wildman–Crippen LogP) is 4.91. The fraction of sp³-hybridized carbons (Fsp3) is 0.381. The number of amides is 1. The molecule has 31 heavy (non-hydrogen) atoms. The summed E-state index contributed by atoms with van der Waals surface area (Å²) in [5.41, 5.74) is 0.522. The van der Waals surface area contributed by atoms with Gasteiger partial charge in [0.15, 0.2) is 0 Å². The summed E-state index contributed by atoms with van der Waals surface area (Å²) in [6, 6.07) is 9.45. The molecule has 1 spiro atoms. The molecule has 0 unspecified atom stereocenters. The Labute approximate surface area is 175 Å². The molecule has 2 aromatic heterocycles. The van der Waals surface area contributed by atoms with E-state index >= 15 is 0 Å². The molecule has 5 rings (SSSR count). The molecule has 7 nitrogen and oxygen atoms in total. The number of aromatic amines is 1. The number of imidazole rings is 1. The molecule has 0 radical (unpaired) electrons. The van der Waals surface area contributed by atoms with Gasteiger partial charge in [0.1, 0.15) is 23.0 Å². The van der Waals surface area contributed by atoms with Crippen LogP contribution in [0.2, 0.25) is 0 Å². The number of nitrogens with one attached hydrogen (secondary N) is 1. The van der Waals surface area contributed by atoms with Crippen LogP contribution in [0.15, 0.2) is 42.6 Å². The maximum absolute atomic E-state index is 12.5. The van der Waals surface area contributed by atoms with E-state index in [1.165, 1.54) is 18.2 Å². The molecular weight excluding hydrogens is 413 g/mol. The zero-order valence-corrected chi connectivity index (χ0v) is 16.4. The number of carbonyl (C=O) groups is 1. The summed E-state index contributed by atoms with van der Waals surface area (Å²) >= 11 is 0. The number of ether oxygens (including phenoxy) is 2. The van der Waals surface area contributed by atoms with Crippen molar-refractivity contribution in [2.24, 2.45) is 0 Å². The first-order chi connectivity index (χ1) is 14.8. The van der Waals surface area contributed by atoms with Gasteiger partial charge in [0, 0.05) is 18.2 Å². The first-order valence-corrected chi connectivity index (χ1v) is 9.97. The standard InChI is InChI=1S/C21H19F3N4O3/c22-21(23,24)30-14-4-5-15-16(11-14)27-18(26-15)13-6-8-20(9-7-13)12-28(19(29)31-20)17-3-1-2-10-25-17/h1-5,10-11,13H,6-9,12H2,(H,26,27). The number of halogens is 3. The van der Waals surface area contributed by atoms with E-state index in [4.69, 9.17) is 4.74 Å². The third kappa shape index (κ3) is 3.89. The number of hydrogen-bond acceptors (Lipinski definition) is 5. The number of carbonyl (C=O) groups excluding carboxylic acids is 1. The second kappa shape index (κ2) is 7.14. The highest BCUT2D eigenvalue weighted by Crippen LogP contribution is 2.43. The number of benzene rings is 1. The summed E-state index contributed by atoms with van der Waals surface area (Å²) < 4.78 is 47.1. The van der Waals surface area contributed by atoms with Gasteiger partial charge in [0.05, 0.1) is 17.6 Å². The van der Waals surface area contributed by atoms with E-state index in [0.717, 1.165) is 18.7 Å². The predicted molar refractivity (Wildman–Crippen MR) is 105 cm³/mol. The van der Waals surface area contributed by atoms with Gasteiger partial charge in [-0.2, -0.15) is 0 Å². The lowest BCUT2D eigenvalue weighted by Gasteiger charge is -2.34. The number of anilines is 1. The molecule has 0 atom stereocenters. The molecular formula is C21H19F3N4O3. The third-order valence-electron chi connectivity index (χ3n) is 5.89. The number of fused-ring (bicyclic) bond motifs is 1. The molecule has 3 heterocycles. The monoisotopic (exact) mass is 432 g/mol. The Hall–Kier alpha value is -3.30. The number of pyridine rings is 1. The Balaban J connectivity index is 1.28. The maximum atomic E-state index is 12.5. The molecule has 1 N–H and O–H groups in total. The molecule has 2 aliphatic rings. The van der Waals surface area contributed by atoms with Crippen molar-refractivity contribution in [3.05, 3.63) is 48.4 Å². The minimum Gasteiger partial charge on any atom is -0.441 e. The minimum absolute atomic E-state index is 0.104. The molecule has 2 fully saturated rings. The SMILES string of the molecule is O=C1OC2(CCC(c3nc4cc(OC(F)(F)F)ccc4[nH]3)CC2)CN1c1ccccn1. The minimum atomic E-state index is -4.74. The van der Waals surface area contributed by atoms with Gasteiger partial charge in [-0.05, 0) is 49.9 Å². The van der Waals surface area contributed by atoms with Crippen molar-refractivity contribution in [2.45, 2.75) is 43.6 Å². The van der Waals surface area contributed by atoms with Crippen molar-refractivity contribution in [1.29, 1.82) is 0 Å². The lowest BCUT2D eigenvalue weighted by atomic mass is 9.78. The van der Waals surface area contributed by atoms with Crippen LogP contribution in [-0.2, 0) is 4.74 Å². The number of aromatic nitrogens is 3. The lowest BCUT2D eigenvalue weighted by Crippen LogP contribution is -2.38. The van der Waals surface area contributed by atoms with E-state index in [-0.39, 0.29) is 11.7 Å². The highest BCUT2D eigenvalue weighted by molar-refractivity contribution is 5.89. The second-order valence-electron chi connectivity index (χ2n) is 7.95. The zero-order chi connectivity index (χ0) is 21.6. The summed E-state index contributed by atoms with van der Waals surface area (Å²) in [5, 5.41) is 0. The van der Waals surface area contributed by atoms with Gasteiger partial charge >= 0.3 is 12.5 Å². The van der Waals surface area contributed by atoms with Crippen LogP contribution in [0.4, 0.5) is 23.8 Å². The third-order valence-corrected chi connectivity index (χ3v) is 5.89. The Morgan fingerprint density at radius 3 is 2.71 bits per heavy atom. The van der Waals surface area contributed by atoms with Crippen LogP contribution in [0.1, 0.15) is 37.4 Å². The molecule has 10 heteroatoms. The van der Waals surface area contributed by atoms with Crippen LogP contribution in [0.5, 0.6) is 5.75 Å². The van der Waals surface area contributed by atoms with Gasteiger partial charge in [-0.1, -0.05) is 6.07 Å². The van der Waals surface area contributed by atoms with Gasteiger partial charge in [-0.15, -0.1) is 13.2 Å². The highest BCUT2D eigenvalue weighted by atomic mass is 19.4. The quantitative estimate of drug-likeness (QED) is 0.636. The van der Waals surface area contributed by atoms with Crippen LogP contribution in [-0.4, -0.2) is 39.6 Å². The number of H-pyrrole nitrogens is 1. The number of nitrogens with zero attached hydrogens (tertiary/aromatic N) is 3. The lowest BCUT2D eigenvalue weighted by molar-refractivity contribution is -0.274. The van der Waals surface area contributed by atoms with Crippen molar-refractivity contribution in [2.75, 3.05) is 11.4 Å². The number of alkyl halides is 3. The molecule has 1 saturated heterocycles. The van der Waals surface area contributed by atoms with E-state index in [0.29, 0.717) is 36.2 Å². The first-order valence-electron chi connectivity index (χ1n) is 9.97. The van der Waals surface area contributed by atoms with Gasteiger partial charge in [0.2, 0.25) is 0 Å². The average Bonchev–Trinajstić information content (AvgIpc) is 3.29. The number of rotatable bonds is 3. The summed E-state index contributed by atoms with van der Waals surface area (Å²) in [7, 11) is 0. The molecule has 0 bridgehead atoms. The van der Waals surface area contributed by atoms with E-state index in [1.807, 2.05) is 6.07 Å². The van der Waals surface area contributed by atoms with E-state index in [2.05, 4.69) is 19.7 Å². The Kier molecular flexibility index (Phi) is 4.53. The molecule has 1 aliphatic carbocycles. The molecule has 3 aromatic rings. The van der Waals surface area contributed by atoms with Gasteiger partial charge in [-0.25, -0.2) is 14.8 Å². The van der Waals surface area contributed by atoms with Crippen LogP contribution in [0.3, 0.4) is 0 Å². The van der Waals surface area contributed by atoms with Crippen molar-refractivity contribution in [1.82, 2.24) is 15.0 Å². The van der Waals surface area contributed by atoms with Crippen molar-refractivity contribution < 1.29 is 27.4 Å². The second-order valence-corrected chi connectivity index (χ2v) is 7.95. The van der Waals surface area contributed by atoms with Crippen molar-refractivity contribution >= 4 is 22.9 Å². The van der Waals surface area contributed by atoms with Gasteiger partial charge < -0.3 is 14.5 Å². The first kappa shape index (κ1) is 19.7. The van der Waals surface area contributed by atoms with E-state index in [9.17, 15) is 18.0 Å². The van der Waals surface area contributed by atoms with E-state index < -0.39 is 18.1 Å². The summed E-state index contributed by atoms with van der Waals surface area (Å²) in [5.74, 6) is 1.10. The van der Waals surface area contributed by atoms with Crippen molar-refractivity contribution in [3.8, 4) is 5.75 Å². The molecule has 162 valence electrons. The van der Waals surface area contributed by atoms with Crippen LogP contribution in [0.25, 0.3) is 11.0 Å². The van der Waals surface area contributed by atoms with Crippen LogP contribution in [0, 0.1) is 0 Å². The van der Waals surface area contributed by atoms with Crippen molar-refractivity contribution in [3.63, 3.8) is 0 Å². The highest BCUT2D eigenvalue weighted by Gasteiger charge is 2.48. The summed E-state index contributed by atoms with van der Waals surface area (Å²) in [4.78, 5) is 25.9. The fourth-order valence-electron chi connectivity index (χ4n) is 4.39. The Bertz CT molecular complexity index is 1110. The number of hydrogen-bond donors (Lipinski definition) is 1. The normalized spacial score (nSPS) is 24.0. The Morgan fingerprint density at radius 1 is 1.19 bits per heavy atom. The largest absolute Gasteiger partial charge is 0.573 e. The summed E-state index contributed by atoms with van der Waals surface area (Å²) in [6.07, 6.45) is -0.662. The smallest absolute Gasteiger partial charge is 0.441 e. The molecule has 1 aliphatic heterocycles. The average molecular weight is 432 g/mol. The van der Waals surface area contributed by atoms with Crippen LogP contribution >= 0.6 is 0 Å². The van der Waals surface area contributed by atoms with Gasteiger partial charge in [0.25, 0.3) is 0 Å². The fourth-order valence-corrected chi connectivity index (χ4v) is 4.39. The van der Waals surface area contributed by atoms with Crippen LogP contribution < -0.4 is 9.64 Å². The zero-order valence-electron chi connectivity index (χ0n) is 16.4. The molecule has 1 aromatic carbocycles. The topological polar surface area (TPSA) is 80.3 Å².